The van der Waals surface area contributed by atoms with E-state index in [1.54, 1.807) is 0 Å². The zero-order valence-electron chi connectivity index (χ0n) is 10.3. The molecule has 1 aliphatic heterocycles. The summed E-state index contributed by atoms with van der Waals surface area (Å²) in [4.78, 5) is 0. The Kier molecular flexibility index (Phi) is 3.55. The molecule has 0 aliphatic carbocycles. The van der Waals surface area contributed by atoms with Crippen LogP contribution >= 0.6 is 12.2 Å². The summed E-state index contributed by atoms with van der Waals surface area (Å²) in [6.07, 6.45) is 0.612. The van der Waals surface area contributed by atoms with E-state index < -0.39 is 15.4 Å². The van der Waals surface area contributed by atoms with Gasteiger partial charge in [0, 0.05) is 5.54 Å². The average Bonchev–Trinajstić information content (AvgIpc) is 2.19. The van der Waals surface area contributed by atoms with Crippen LogP contribution in [-0.4, -0.2) is 36.1 Å². The predicted octanol–water partition coefficient (Wildman–Crippen LogP) is 0.826. The Morgan fingerprint density at radius 1 is 1.38 bits per heavy atom. The highest BCUT2D eigenvalue weighted by Crippen LogP contribution is 2.22. The van der Waals surface area contributed by atoms with Crippen molar-refractivity contribution in [2.45, 2.75) is 45.2 Å². The molecule has 0 radical (unpaired) electrons. The highest BCUT2D eigenvalue weighted by atomic mass is 32.2. The number of sulfone groups is 1. The number of thiocarbonyl (C=S) groups is 1. The third kappa shape index (κ3) is 4.25. The first-order valence-electron chi connectivity index (χ1n) is 5.32. The molecule has 6 heteroatoms. The van der Waals surface area contributed by atoms with Gasteiger partial charge in [-0.3, -0.25) is 0 Å². The van der Waals surface area contributed by atoms with E-state index in [0.717, 1.165) is 0 Å². The fraction of sp³-hybridized carbons (Fsp3) is 0.900. The Balaban J connectivity index is 2.59. The van der Waals surface area contributed by atoms with Gasteiger partial charge in [-0.15, -0.1) is 0 Å². The largest absolute Gasteiger partial charge is 0.358 e. The van der Waals surface area contributed by atoms with Crippen molar-refractivity contribution >= 4 is 27.2 Å². The molecular weight excluding hydrogens is 244 g/mol. The van der Waals surface area contributed by atoms with Crippen LogP contribution in [0.5, 0.6) is 0 Å². The summed E-state index contributed by atoms with van der Waals surface area (Å²) in [5, 5.41) is 6.75. The maximum absolute atomic E-state index is 11.4. The van der Waals surface area contributed by atoms with Gasteiger partial charge in [-0.1, -0.05) is 0 Å². The zero-order valence-corrected chi connectivity index (χ0v) is 11.9. The molecule has 16 heavy (non-hydrogen) atoms. The minimum atomic E-state index is -2.89. The SMILES string of the molecule is CC(C)(C)NC(=S)NC1(C)CCS(=O)(=O)C1. The van der Waals surface area contributed by atoms with Gasteiger partial charge < -0.3 is 10.6 Å². The van der Waals surface area contributed by atoms with Crippen molar-refractivity contribution in [2.24, 2.45) is 0 Å². The van der Waals surface area contributed by atoms with E-state index in [-0.39, 0.29) is 17.0 Å². The van der Waals surface area contributed by atoms with Gasteiger partial charge in [-0.05, 0) is 46.3 Å². The molecule has 1 fully saturated rings. The zero-order chi connectivity index (χ0) is 12.6. The molecule has 0 aromatic carbocycles. The van der Waals surface area contributed by atoms with Crippen LogP contribution in [0.2, 0.25) is 0 Å². The second-order valence-electron chi connectivity index (χ2n) is 5.73. The highest BCUT2D eigenvalue weighted by molar-refractivity contribution is 7.91. The predicted molar refractivity (Wildman–Crippen MR) is 70.3 cm³/mol. The molecule has 1 atom stereocenters. The molecule has 0 bridgehead atoms. The van der Waals surface area contributed by atoms with Crippen LogP contribution in [0, 0.1) is 0 Å². The van der Waals surface area contributed by atoms with E-state index in [0.29, 0.717) is 11.5 Å². The summed E-state index contributed by atoms with van der Waals surface area (Å²) in [7, 11) is -2.89. The van der Waals surface area contributed by atoms with E-state index in [1.165, 1.54) is 0 Å². The molecule has 1 aliphatic rings. The molecule has 0 aromatic heterocycles. The first-order chi connectivity index (χ1) is 7.02. The first-order valence-corrected chi connectivity index (χ1v) is 7.55. The smallest absolute Gasteiger partial charge is 0.167 e. The molecule has 1 saturated heterocycles. The highest BCUT2D eigenvalue weighted by Gasteiger charge is 2.38. The van der Waals surface area contributed by atoms with E-state index in [9.17, 15) is 8.42 Å². The van der Waals surface area contributed by atoms with Crippen molar-refractivity contribution in [2.75, 3.05) is 11.5 Å². The maximum atomic E-state index is 11.4. The van der Waals surface area contributed by atoms with Gasteiger partial charge in [0.25, 0.3) is 0 Å². The number of rotatable bonds is 1. The van der Waals surface area contributed by atoms with Crippen molar-refractivity contribution in [1.82, 2.24) is 10.6 Å². The molecule has 1 heterocycles. The van der Waals surface area contributed by atoms with Gasteiger partial charge in [0.1, 0.15) is 0 Å². The molecule has 0 spiro atoms. The normalized spacial score (nSPS) is 28.8. The second kappa shape index (κ2) is 4.14. The van der Waals surface area contributed by atoms with Gasteiger partial charge in [0.05, 0.1) is 17.0 Å². The van der Waals surface area contributed by atoms with Crippen molar-refractivity contribution in [1.29, 1.82) is 0 Å². The topological polar surface area (TPSA) is 58.2 Å². The van der Waals surface area contributed by atoms with E-state index in [4.69, 9.17) is 12.2 Å². The standard InChI is InChI=1S/C10H20N2O2S2/c1-9(2,3)11-8(15)12-10(4)5-6-16(13,14)7-10/h5-7H2,1-4H3,(H2,11,12,15). The Bertz CT molecular complexity index is 384. The van der Waals surface area contributed by atoms with Crippen molar-refractivity contribution in [3.8, 4) is 0 Å². The number of hydrogen-bond donors (Lipinski definition) is 2. The third-order valence-electron chi connectivity index (χ3n) is 2.41. The Morgan fingerprint density at radius 2 is 1.94 bits per heavy atom. The summed E-state index contributed by atoms with van der Waals surface area (Å²) < 4.78 is 22.8. The monoisotopic (exact) mass is 264 g/mol. The molecule has 0 saturated carbocycles. The van der Waals surface area contributed by atoms with Gasteiger partial charge >= 0.3 is 0 Å². The minimum absolute atomic E-state index is 0.113. The van der Waals surface area contributed by atoms with Gasteiger partial charge in [-0.2, -0.15) is 0 Å². The van der Waals surface area contributed by atoms with Gasteiger partial charge in [0.15, 0.2) is 14.9 Å². The van der Waals surface area contributed by atoms with Crippen molar-refractivity contribution in [3.63, 3.8) is 0 Å². The van der Waals surface area contributed by atoms with Crippen LogP contribution in [0.1, 0.15) is 34.1 Å². The van der Waals surface area contributed by atoms with Gasteiger partial charge in [0.2, 0.25) is 0 Å². The van der Waals surface area contributed by atoms with E-state index in [2.05, 4.69) is 10.6 Å². The Labute approximate surface area is 103 Å². The van der Waals surface area contributed by atoms with Crippen LogP contribution in [-0.2, 0) is 9.84 Å². The van der Waals surface area contributed by atoms with Crippen LogP contribution in [0.15, 0.2) is 0 Å². The van der Waals surface area contributed by atoms with Gasteiger partial charge in [-0.25, -0.2) is 8.42 Å². The Morgan fingerprint density at radius 3 is 2.31 bits per heavy atom. The van der Waals surface area contributed by atoms with Crippen molar-refractivity contribution in [3.05, 3.63) is 0 Å². The lowest BCUT2D eigenvalue weighted by molar-refractivity contribution is 0.446. The third-order valence-corrected chi connectivity index (χ3v) is 4.51. The molecule has 1 rings (SSSR count). The lowest BCUT2D eigenvalue weighted by Gasteiger charge is -2.30. The molecule has 0 amide bonds. The van der Waals surface area contributed by atoms with Crippen LogP contribution in [0.25, 0.3) is 0 Å². The first kappa shape index (κ1) is 13.7. The molecular formula is C10H20N2O2S2. The maximum Gasteiger partial charge on any atom is 0.167 e. The molecule has 0 aromatic rings. The second-order valence-corrected chi connectivity index (χ2v) is 8.32. The average molecular weight is 264 g/mol. The molecule has 2 N–H and O–H groups in total. The van der Waals surface area contributed by atoms with Crippen LogP contribution in [0.3, 0.4) is 0 Å². The lowest BCUT2D eigenvalue weighted by Crippen LogP contribution is -2.54. The summed E-state index contributed by atoms with van der Waals surface area (Å²) in [5.74, 6) is 0.403. The molecule has 4 nitrogen and oxygen atoms in total. The van der Waals surface area contributed by atoms with Crippen molar-refractivity contribution < 1.29 is 8.42 Å². The van der Waals surface area contributed by atoms with Crippen LogP contribution < -0.4 is 10.6 Å². The molecule has 94 valence electrons. The molecule has 1 unspecified atom stereocenters. The summed E-state index contributed by atoms with van der Waals surface area (Å²) in [5.41, 5.74) is -0.536. The number of hydrogen-bond acceptors (Lipinski definition) is 3. The summed E-state index contributed by atoms with van der Waals surface area (Å²) >= 11 is 5.17. The van der Waals surface area contributed by atoms with E-state index in [1.807, 2.05) is 27.7 Å². The van der Waals surface area contributed by atoms with E-state index >= 15 is 0 Å². The summed E-state index contributed by atoms with van der Waals surface area (Å²) in [6, 6.07) is 0. The lowest BCUT2D eigenvalue weighted by atomic mass is 10.0. The fourth-order valence-electron chi connectivity index (χ4n) is 1.75. The Hall–Kier alpha value is -0.360. The fourth-order valence-corrected chi connectivity index (χ4v) is 4.40. The quantitative estimate of drug-likeness (QED) is 0.687. The minimum Gasteiger partial charge on any atom is -0.358 e. The number of nitrogens with one attached hydrogen (secondary N) is 2. The summed E-state index contributed by atoms with van der Waals surface area (Å²) in [6.45, 7) is 7.92. The van der Waals surface area contributed by atoms with Crippen LogP contribution in [0.4, 0.5) is 0 Å².